The van der Waals surface area contributed by atoms with Gasteiger partial charge in [0.2, 0.25) is 0 Å². The third-order valence-electron chi connectivity index (χ3n) is 3.85. The molecule has 3 heterocycles. The minimum Gasteiger partial charge on any atom is -0.444 e. The molecule has 1 N–H and O–H groups in total. The second kappa shape index (κ2) is 6.19. The predicted octanol–water partition coefficient (Wildman–Crippen LogP) is 2.28. The summed E-state index contributed by atoms with van der Waals surface area (Å²) in [6.45, 7) is 6.52. The van der Waals surface area contributed by atoms with Crippen molar-refractivity contribution in [2.24, 2.45) is 0 Å². The van der Waals surface area contributed by atoms with Crippen molar-refractivity contribution in [3.05, 3.63) is 21.3 Å². The van der Waals surface area contributed by atoms with Crippen molar-refractivity contribution in [2.45, 2.75) is 51.8 Å². The van der Waals surface area contributed by atoms with E-state index in [1.165, 1.54) is 10.8 Å². The Balaban J connectivity index is 1.85. The number of hydrogen-bond donors (Lipinski definition) is 1. The van der Waals surface area contributed by atoms with Crippen LogP contribution in [0.4, 0.5) is 4.79 Å². The Morgan fingerprint density at radius 1 is 1.50 bits per heavy atom. The largest absolute Gasteiger partial charge is 0.444 e. The maximum Gasteiger partial charge on any atom is 0.410 e. The molecule has 2 aromatic rings. The van der Waals surface area contributed by atoms with E-state index in [9.17, 15) is 9.59 Å². The van der Waals surface area contributed by atoms with E-state index in [1.807, 2.05) is 20.8 Å². The fourth-order valence-corrected chi connectivity index (χ4v) is 3.14. The summed E-state index contributed by atoms with van der Waals surface area (Å²) in [7, 11) is 0. The number of carbonyl (C=O) groups is 1. The van der Waals surface area contributed by atoms with Gasteiger partial charge in [-0.2, -0.15) is 0 Å². The van der Waals surface area contributed by atoms with Crippen molar-refractivity contribution >= 4 is 33.3 Å². The van der Waals surface area contributed by atoms with Crippen LogP contribution in [-0.2, 0) is 11.3 Å². The van der Waals surface area contributed by atoms with Crippen LogP contribution in [-0.4, -0.2) is 48.7 Å². The first-order valence-corrected chi connectivity index (χ1v) is 8.64. The van der Waals surface area contributed by atoms with Gasteiger partial charge in [0.15, 0.2) is 11.3 Å². The molecule has 3 rings (SSSR count). The van der Waals surface area contributed by atoms with Gasteiger partial charge < -0.3 is 9.64 Å². The van der Waals surface area contributed by atoms with Crippen LogP contribution in [0.2, 0.25) is 0 Å². The number of likely N-dealkylation sites (tertiary alicyclic amines) is 1. The number of nitrogens with one attached hydrogen (secondary N) is 1. The van der Waals surface area contributed by atoms with E-state index in [0.29, 0.717) is 29.0 Å². The van der Waals surface area contributed by atoms with E-state index >= 15 is 0 Å². The molecule has 0 spiro atoms. The van der Waals surface area contributed by atoms with Crippen molar-refractivity contribution in [3.8, 4) is 0 Å². The van der Waals surface area contributed by atoms with Gasteiger partial charge in [0.05, 0.1) is 12.2 Å². The number of carbonyl (C=O) groups excluding carboxylic acids is 1. The molecule has 24 heavy (non-hydrogen) atoms. The summed E-state index contributed by atoms with van der Waals surface area (Å²) >= 11 is 3.27. The first-order valence-electron chi connectivity index (χ1n) is 7.85. The summed E-state index contributed by atoms with van der Waals surface area (Å²) < 4.78 is 7.55. The number of ether oxygens (including phenoxy) is 1. The van der Waals surface area contributed by atoms with Crippen LogP contribution in [0.3, 0.4) is 0 Å². The number of aromatic nitrogens is 4. The van der Waals surface area contributed by atoms with Gasteiger partial charge in [-0.3, -0.25) is 9.55 Å². The minimum atomic E-state index is -0.543. The zero-order valence-electron chi connectivity index (χ0n) is 13.9. The molecular formula is C15H20BrN5O3. The molecular weight excluding hydrogens is 378 g/mol. The van der Waals surface area contributed by atoms with Crippen LogP contribution in [0, 0.1) is 0 Å². The zero-order chi connectivity index (χ0) is 17.5. The van der Waals surface area contributed by atoms with Crippen LogP contribution in [0.15, 0.2) is 15.6 Å². The number of rotatable bonds is 2. The lowest BCUT2D eigenvalue weighted by Crippen LogP contribution is -2.42. The van der Waals surface area contributed by atoms with Crippen LogP contribution in [0.5, 0.6) is 0 Å². The third kappa shape index (κ3) is 3.45. The van der Waals surface area contributed by atoms with Crippen molar-refractivity contribution in [3.63, 3.8) is 0 Å². The maximum atomic E-state index is 12.4. The maximum absolute atomic E-state index is 12.4. The highest BCUT2D eigenvalue weighted by atomic mass is 79.9. The second-order valence-electron chi connectivity index (χ2n) is 6.88. The Morgan fingerprint density at radius 2 is 2.25 bits per heavy atom. The predicted molar refractivity (Wildman–Crippen MR) is 91.8 cm³/mol. The average Bonchev–Trinajstić information content (AvgIpc) is 3.03. The summed E-state index contributed by atoms with van der Waals surface area (Å²) in [5.41, 5.74) is 0.0904. The Hall–Kier alpha value is -1.90. The highest BCUT2D eigenvalue weighted by Crippen LogP contribution is 2.22. The van der Waals surface area contributed by atoms with Gasteiger partial charge in [0.25, 0.3) is 0 Å². The van der Waals surface area contributed by atoms with Crippen molar-refractivity contribution in [2.75, 3.05) is 6.54 Å². The summed E-state index contributed by atoms with van der Waals surface area (Å²) in [5, 5.41) is 0. The number of imidazole rings is 1. The summed E-state index contributed by atoms with van der Waals surface area (Å²) in [5.74, 6) is 0. The minimum absolute atomic E-state index is 0.0997. The fraction of sp³-hybridized carbons (Fsp3) is 0.600. The number of halogens is 1. The van der Waals surface area contributed by atoms with Gasteiger partial charge in [0, 0.05) is 13.1 Å². The molecule has 2 aromatic heterocycles. The third-order valence-corrected chi connectivity index (χ3v) is 4.23. The fourth-order valence-electron chi connectivity index (χ4n) is 2.87. The van der Waals surface area contributed by atoms with Gasteiger partial charge in [-0.1, -0.05) is 0 Å². The quantitative estimate of drug-likeness (QED) is 0.838. The van der Waals surface area contributed by atoms with Gasteiger partial charge in [0.1, 0.15) is 10.2 Å². The smallest absolute Gasteiger partial charge is 0.410 e. The molecule has 0 saturated carbocycles. The van der Waals surface area contributed by atoms with Gasteiger partial charge in [-0.15, -0.1) is 0 Å². The van der Waals surface area contributed by atoms with E-state index in [1.54, 1.807) is 4.90 Å². The van der Waals surface area contributed by atoms with Crippen LogP contribution in [0.1, 0.15) is 33.6 Å². The molecule has 0 radical (unpaired) electrons. The van der Waals surface area contributed by atoms with Gasteiger partial charge >= 0.3 is 11.8 Å². The molecule has 1 fully saturated rings. The van der Waals surface area contributed by atoms with E-state index in [-0.39, 0.29) is 17.8 Å². The highest BCUT2D eigenvalue weighted by molar-refractivity contribution is 9.10. The molecule has 1 atom stereocenters. The lowest BCUT2D eigenvalue weighted by atomic mass is 10.2. The molecule has 1 aliphatic rings. The Bertz CT molecular complexity index is 823. The number of nitrogens with zero attached hydrogens (tertiary/aromatic N) is 4. The van der Waals surface area contributed by atoms with E-state index in [2.05, 4.69) is 30.9 Å². The monoisotopic (exact) mass is 397 g/mol. The van der Waals surface area contributed by atoms with Crippen molar-refractivity contribution < 1.29 is 9.53 Å². The molecule has 1 aliphatic heterocycles. The molecule has 8 nitrogen and oxygen atoms in total. The van der Waals surface area contributed by atoms with Crippen molar-refractivity contribution in [1.29, 1.82) is 0 Å². The number of amides is 1. The van der Waals surface area contributed by atoms with Crippen LogP contribution in [0.25, 0.3) is 11.3 Å². The average molecular weight is 398 g/mol. The number of fused-ring (bicyclic) bond motifs is 1. The van der Waals surface area contributed by atoms with Crippen LogP contribution >= 0.6 is 15.9 Å². The summed E-state index contributed by atoms with van der Waals surface area (Å²) in [6.07, 6.45) is 2.90. The van der Waals surface area contributed by atoms with Gasteiger partial charge in [-0.05, 0) is 49.5 Å². The van der Waals surface area contributed by atoms with Crippen molar-refractivity contribution in [1.82, 2.24) is 24.4 Å². The van der Waals surface area contributed by atoms with E-state index < -0.39 is 5.60 Å². The number of aromatic amines is 1. The first-order chi connectivity index (χ1) is 11.2. The van der Waals surface area contributed by atoms with E-state index in [0.717, 1.165) is 12.8 Å². The molecule has 1 amide bonds. The number of H-pyrrole nitrogens is 1. The highest BCUT2D eigenvalue weighted by Gasteiger charge is 2.33. The molecule has 130 valence electrons. The molecule has 0 aliphatic carbocycles. The lowest BCUT2D eigenvalue weighted by molar-refractivity contribution is 0.0214. The molecule has 0 bridgehead atoms. The first kappa shape index (κ1) is 16.9. The van der Waals surface area contributed by atoms with Gasteiger partial charge in [-0.25, -0.2) is 19.6 Å². The SMILES string of the molecule is CC(C)(C)OC(=O)N1CCCC1Cn1c(=O)[nH]c2ncc(Br)nc21. The Kier molecular flexibility index (Phi) is 4.37. The standard InChI is InChI=1S/C15H20BrN5O3/c1-15(2,3)24-14(23)20-6-4-5-9(20)8-21-12-11(19-13(21)22)17-7-10(16)18-12/h7,9H,4-6,8H2,1-3H3,(H,17,19,22). The topological polar surface area (TPSA) is 93.1 Å². The molecule has 1 unspecified atom stereocenters. The zero-order valence-corrected chi connectivity index (χ0v) is 15.5. The summed E-state index contributed by atoms with van der Waals surface area (Å²) in [6, 6.07) is -0.0997. The molecule has 9 heteroatoms. The van der Waals surface area contributed by atoms with E-state index in [4.69, 9.17) is 4.74 Å². The Morgan fingerprint density at radius 3 is 2.96 bits per heavy atom. The van der Waals surface area contributed by atoms with Crippen LogP contribution < -0.4 is 5.69 Å². The normalized spacial score (nSPS) is 18.3. The molecule has 1 saturated heterocycles. The summed E-state index contributed by atoms with van der Waals surface area (Å²) in [4.78, 5) is 37.4. The lowest BCUT2D eigenvalue weighted by Gasteiger charge is -2.28. The number of hydrogen-bond acceptors (Lipinski definition) is 5. The Labute approximate surface area is 147 Å². The second-order valence-corrected chi connectivity index (χ2v) is 7.69. The molecule has 0 aromatic carbocycles.